The molecule has 8 heteroatoms. The first-order valence-corrected chi connectivity index (χ1v) is 12.3. The van der Waals surface area contributed by atoms with E-state index in [1.807, 2.05) is 18.2 Å². The molecule has 1 aliphatic carbocycles. The number of nitrogens with one attached hydrogen (secondary N) is 3. The lowest BCUT2D eigenvalue weighted by Crippen LogP contribution is -2.52. The number of hydrogen-bond acceptors (Lipinski definition) is 5. The summed E-state index contributed by atoms with van der Waals surface area (Å²) >= 11 is 1.19. The van der Waals surface area contributed by atoms with Crippen LogP contribution in [0, 0.1) is 0 Å². The number of carbonyl (C=O) groups is 1. The van der Waals surface area contributed by atoms with Crippen molar-refractivity contribution in [1.29, 1.82) is 0 Å². The van der Waals surface area contributed by atoms with Crippen molar-refractivity contribution in [2.45, 2.75) is 61.9 Å². The Hall–Kier alpha value is -1.74. The standard InChI is InChI=1S/C21H29N3O3S2/c1-16(18-8-4-3-5-9-18)24-21(12-6-7-13-21)15-23-29(26,27)20-11-10-19(28-20)14-22-17(2)25/h3-5,8-11,16,23-24H,6-7,12-15H2,1-2H3,(H,22,25). The van der Waals surface area contributed by atoms with Crippen molar-refractivity contribution >= 4 is 27.3 Å². The van der Waals surface area contributed by atoms with Crippen molar-refractivity contribution in [3.8, 4) is 0 Å². The second-order valence-corrected chi connectivity index (χ2v) is 10.9. The lowest BCUT2D eigenvalue weighted by Gasteiger charge is -2.34. The lowest BCUT2D eigenvalue weighted by atomic mass is 9.95. The summed E-state index contributed by atoms with van der Waals surface area (Å²) in [6, 6.07) is 13.7. The van der Waals surface area contributed by atoms with E-state index in [0.717, 1.165) is 30.6 Å². The summed E-state index contributed by atoms with van der Waals surface area (Å²) in [7, 11) is -3.59. The van der Waals surface area contributed by atoms with Crippen LogP contribution in [0.25, 0.3) is 0 Å². The maximum atomic E-state index is 12.8. The largest absolute Gasteiger partial charge is 0.351 e. The molecule has 6 nitrogen and oxygen atoms in total. The highest BCUT2D eigenvalue weighted by molar-refractivity contribution is 7.91. The van der Waals surface area contributed by atoms with Gasteiger partial charge in [-0.2, -0.15) is 0 Å². The van der Waals surface area contributed by atoms with Gasteiger partial charge in [0, 0.05) is 29.9 Å². The molecule has 1 unspecified atom stereocenters. The summed E-state index contributed by atoms with van der Waals surface area (Å²) in [6.07, 6.45) is 4.09. The molecule has 158 valence electrons. The van der Waals surface area contributed by atoms with Gasteiger partial charge in [0.05, 0.1) is 6.54 Å². The summed E-state index contributed by atoms with van der Waals surface area (Å²) in [5.74, 6) is -0.136. The second kappa shape index (κ2) is 9.38. The third-order valence-corrected chi connectivity index (χ3v) is 8.38. The van der Waals surface area contributed by atoms with Crippen LogP contribution in [0.1, 0.15) is 56.0 Å². The van der Waals surface area contributed by atoms with Gasteiger partial charge in [0.15, 0.2) is 0 Å². The van der Waals surface area contributed by atoms with Crippen LogP contribution in [0.2, 0.25) is 0 Å². The Bertz CT molecular complexity index is 920. The van der Waals surface area contributed by atoms with Gasteiger partial charge in [-0.15, -0.1) is 11.3 Å². The quantitative estimate of drug-likeness (QED) is 0.564. The number of thiophene rings is 1. The van der Waals surface area contributed by atoms with Gasteiger partial charge in [-0.1, -0.05) is 43.2 Å². The van der Waals surface area contributed by atoms with Gasteiger partial charge in [-0.3, -0.25) is 4.79 Å². The van der Waals surface area contributed by atoms with Crippen LogP contribution in [0.4, 0.5) is 0 Å². The Morgan fingerprint density at radius 2 is 1.83 bits per heavy atom. The Kier molecular flexibility index (Phi) is 7.10. The molecule has 1 heterocycles. The molecule has 29 heavy (non-hydrogen) atoms. The van der Waals surface area contributed by atoms with Crippen LogP contribution in [-0.2, 0) is 21.4 Å². The molecule has 0 aliphatic heterocycles. The molecule has 1 aromatic heterocycles. The van der Waals surface area contributed by atoms with Gasteiger partial charge >= 0.3 is 0 Å². The van der Waals surface area contributed by atoms with Gasteiger partial charge < -0.3 is 10.6 Å². The zero-order valence-electron chi connectivity index (χ0n) is 16.9. The summed E-state index contributed by atoms with van der Waals surface area (Å²) in [4.78, 5) is 11.9. The molecule has 0 radical (unpaired) electrons. The van der Waals surface area contributed by atoms with E-state index in [1.165, 1.54) is 23.8 Å². The maximum Gasteiger partial charge on any atom is 0.250 e. The maximum absolute atomic E-state index is 12.8. The zero-order chi connectivity index (χ0) is 20.9. The normalized spacial score (nSPS) is 17.2. The van der Waals surface area contributed by atoms with Gasteiger partial charge in [0.2, 0.25) is 15.9 Å². The highest BCUT2D eigenvalue weighted by atomic mass is 32.2. The summed E-state index contributed by atoms with van der Waals surface area (Å²) in [5.41, 5.74) is 0.959. The molecule has 1 aromatic carbocycles. The Labute approximate surface area is 177 Å². The first-order valence-electron chi connectivity index (χ1n) is 9.95. The van der Waals surface area contributed by atoms with Gasteiger partial charge in [-0.25, -0.2) is 13.1 Å². The molecule has 1 amide bonds. The molecule has 3 rings (SSSR count). The number of hydrogen-bond donors (Lipinski definition) is 3. The van der Waals surface area contributed by atoms with Gasteiger partial charge in [0.25, 0.3) is 0 Å². The number of amides is 1. The fourth-order valence-electron chi connectivity index (χ4n) is 3.82. The molecular weight excluding hydrogens is 406 g/mol. The van der Waals surface area contributed by atoms with Crippen molar-refractivity contribution in [2.24, 2.45) is 0 Å². The molecule has 1 atom stereocenters. The van der Waals surface area contributed by atoms with Crippen molar-refractivity contribution < 1.29 is 13.2 Å². The number of benzene rings is 1. The van der Waals surface area contributed by atoms with Crippen molar-refractivity contribution in [3.05, 3.63) is 52.9 Å². The van der Waals surface area contributed by atoms with E-state index in [4.69, 9.17) is 0 Å². The molecule has 1 aliphatic rings. The van der Waals surface area contributed by atoms with E-state index in [2.05, 4.69) is 34.4 Å². The highest BCUT2D eigenvalue weighted by Crippen LogP contribution is 2.32. The fraction of sp³-hybridized carbons (Fsp3) is 0.476. The van der Waals surface area contributed by atoms with Crippen molar-refractivity contribution in [3.63, 3.8) is 0 Å². The van der Waals surface area contributed by atoms with E-state index < -0.39 is 10.0 Å². The highest BCUT2D eigenvalue weighted by Gasteiger charge is 2.36. The summed E-state index contributed by atoms with van der Waals surface area (Å²) in [6.45, 7) is 4.27. The average Bonchev–Trinajstić information content (AvgIpc) is 3.36. The van der Waals surface area contributed by atoms with Gasteiger partial charge in [0.1, 0.15) is 4.21 Å². The number of sulfonamides is 1. The van der Waals surface area contributed by atoms with E-state index in [1.54, 1.807) is 12.1 Å². The molecule has 1 saturated carbocycles. The fourth-order valence-corrected chi connectivity index (χ4v) is 6.29. The Balaban J connectivity index is 1.66. The topological polar surface area (TPSA) is 87.3 Å². The summed E-state index contributed by atoms with van der Waals surface area (Å²) < 4.78 is 28.8. The molecule has 3 N–H and O–H groups in total. The molecule has 0 spiro atoms. The van der Waals surface area contributed by atoms with Gasteiger partial charge in [-0.05, 0) is 37.5 Å². The van der Waals surface area contributed by atoms with E-state index in [9.17, 15) is 13.2 Å². The average molecular weight is 436 g/mol. The minimum Gasteiger partial charge on any atom is -0.351 e. The van der Waals surface area contributed by atoms with Crippen LogP contribution in [0.5, 0.6) is 0 Å². The Morgan fingerprint density at radius 1 is 1.14 bits per heavy atom. The predicted molar refractivity (Wildman–Crippen MR) is 116 cm³/mol. The van der Waals surface area contributed by atoms with Crippen LogP contribution >= 0.6 is 11.3 Å². The molecule has 2 aromatic rings. The van der Waals surface area contributed by atoms with Crippen LogP contribution in [-0.4, -0.2) is 26.4 Å². The number of rotatable bonds is 9. The monoisotopic (exact) mass is 435 g/mol. The molecule has 1 fully saturated rings. The second-order valence-electron chi connectivity index (χ2n) is 7.72. The lowest BCUT2D eigenvalue weighted by molar-refractivity contribution is -0.119. The number of carbonyl (C=O) groups excluding carboxylic acids is 1. The molecule has 0 saturated heterocycles. The minimum atomic E-state index is -3.59. The predicted octanol–water partition coefficient (Wildman–Crippen LogP) is 3.33. The van der Waals surface area contributed by atoms with E-state index in [0.29, 0.717) is 13.1 Å². The third-order valence-electron chi connectivity index (χ3n) is 5.40. The zero-order valence-corrected chi connectivity index (χ0v) is 18.5. The van der Waals surface area contributed by atoms with E-state index in [-0.39, 0.29) is 21.7 Å². The molecular formula is C21H29N3O3S2. The van der Waals surface area contributed by atoms with Crippen LogP contribution < -0.4 is 15.4 Å². The van der Waals surface area contributed by atoms with E-state index >= 15 is 0 Å². The van der Waals surface area contributed by atoms with Crippen LogP contribution in [0.3, 0.4) is 0 Å². The first kappa shape index (κ1) is 22.0. The first-order chi connectivity index (χ1) is 13.8. The van der Waals surface area contributed by atoms with Crippen LogP contribution in [0.15, 0.2) is 46.7 Å². The van der Waals surface area contributed by atoms with Crippen molar-refractivity contribution in [1.82, 2.24) is 15.4 Å². The van der Waals surface area contributed by atoms with Crippen molar-refractivity contribution in [2.75, 3.05) is 6.54 Å². The summed E-state index contributed by atoms with van der Waals surface area (Å²) in [5, 5.41) is 6.39. The SMILES string of the molecule is CC(=O)NCc1ccc(S(=O)(=O)NCC2(NC(C)c3ccccc3)CCCC2)s1. The molecule has 0 bridgehead atoms. The smallest absolute Gasteiger partial charge is 0.250 e. The Morgan fingerprint density at radius 3 is 2.48 bits per heavy atom. The third kappa shape index (κ3) is 5.88. The minimum absolute atomic E-state index is 0.136.